The van der Waals surface area contributed by atoms with Gasteiger partial charge in [0.1, 0.15) is 17.5 Å². The standard InChI is InChI=1S/C24H27FN6O/c1-16(19-3-5-20(25)6-4-19)9-23-29-21(10-22-13-26-7-8-27-22)11-24(30-23)31-14-18(15-31)12-28-17(2)32/h3-8,11,13,16,18H,9-10,12,14-15H2,1-2H3,(H,28,32)/t16-/m1/s1. The molecule has 3 heterocycles. The predicted octanol–water partition coefficient (Wildman–Crippen LogP) is 2.92. The molecule has 1 aliphatic heterocycles. The average Bonchev–Trinajstić information content (AvgIpc) is 2.73. The molecule has 1 saturated heterocycles. The van der Waals surface area contributed by atoms with E-state index in [1.807, 2.05) is 18.2 Å². The number of carbonyl (C=O) groups excluding carboxylic acids is 1. The molecule has 0 unspecified atom stereocenters. The molecule has 2 aromatic heterocycles. The minimum Gasteiger partial charge on any atom is -0.356 e. The molecule has 4 rings (SSSR count). The van der Waals surface area contributed by atoms with E-state index in [1.165, 1.54) is 19.1 Å². The summed E-state index contributed by atoms with van der Waals surface area (Å²) in [6, 6.07) is 8.60. The summed E-state index contributed by atoms with van der Waals surface area (Å²) in [4.78, 5) is 31.5. The van der Waals surface area contributed by atoms with Crippen LogP contribution in [0.2, 0.25) is 0 Å². The van der Waals surface area contributed by atoms with Crippen LogP contribution in [0.4, 0.5) is 10.2 Å². The summed E-state index contributed by atoms with van der Waals surface area (Å²) in [6.45, 7) is 5.99. The Labute approximate surface area is 187 Å². The molecular formula is C24H27FN6O. The molecule has 166 valence electrons. The lowest BCUT2D eigenvalue weighted by atomic mass is 9.97. The van der Waals surface area contributed by atoms with Crippen molar-refractivity contribution in [1.29, 1.82) is 0 Å². The number of benzene rings is 1. The summed E-state index contributed by atoms with van der Waals surface area (Å²) in [5.41, 5.74) is 2.79. The SMILES string of the molecule is CC(=O)NCC1CN(c2cc(Cc3cnccn3)nc(C[C@@H](C)c3ccc(F)cc3)n2)C1. The van der Waals surface area contributed by atoms with Crippen molar-refractivity contribution in [1.82, 2.24) is 25.3 Å². The zero-order valence-corrected chi connectivity index (χ0v) is 18.3. The van der Waals surface area contributed by atoms with Gasteiger partial charge in [0.15, 0.2) is 0 Å². The van der Waals surface area contributed by atoms with E-state index in [0.29, 0.717) is 25.3 Å². The number of carbonyl (C=O) groups is 1. The summed E-state index contributed by atoms with van der Waals surface area (Å²) >= 11 is 0. The van der Waals surface area contributed by atoms with Gasteiger partial charge in [-0.15, -0.1) is 0 Å². The molecule has 8 heteroatoms. The number of anilines is 1. The molecule has 0 radical (unpaired) electrons. The number of nitrogens with zero attached hydrogens (tertiary/aromatic N) is 5. The van der Waals surface area contributed by atoms with Gasteiger partial charge in [0.25, 0.3) is 0 Å². The number of aromatic nitrogens is 4. The minimum atomic E-state index is -0.239. The van der Waals surface area contributed by atoms with Gasteiger partial charge < -0.3 is 10.2 Å². The Morgan fingerprint density at radius 3 is 2.66 bits per heavy atom. The molecular weight excluding hydrogens is 407 g/mol. The van der Waals surface area contributed by atoms with Gasteiger partial charge in [0, 0.05) is 70.0 Å². The predicted molar refractivity (Wildman–Crippen MR) is 120 cm³/mol. The quantitative estimate of drug-likeness (QED) is 0.587. The highest BCUT2D eigenvalue weighted by atomic mass is 19.1. The van der Waals surface area contributed by atoms with Gasteiger partial charge in [-0.3, -0.25) is 14.8 Å². The lowest BCUT2D eigenvalue weighted by Crippen LogP contribution is -2.51. The Hall–Kier alpha value is -3.42. The van der Waals surface area contributed by atoms with Gasteiger partial charge in [-0.25, -0.2) is 14.4 Å². The lowest BCUT2D eigenvalue weighted by molar-refractivity contribution is -0.119. The van der Waals surface area contributed by atoms with E-state index < -0.39 is 0 Å². The Kier molecular flexibility index (Phi) is 6.68. The van der Waals surface area contributed by atoms with Gasteiger partial charge in [0.2, 0.25) is 5.91 Å². The molecule has 7 nitrogen and oxygen atoms in total. The van der Waals surface area contributed by atoms with E-state index >= 15 is 0 Å². The monoisotopic (exact) mass is 434 g/mol. The number of nitrogens with one attached hydrogen (secondary N) is 1. The summed E-state index contributed by atoms with van der Waals surface area (Å²) in [7, 11) is 0. The summed E-state index contributed by atoms with van der Waals surface area (Å²) in [5, 5.41) is 2.88. The van der Waals surface area contributed by atoms with Crippen molar-refractivity contribution in [2.75, 3.05) is 24.5 Å². The molecule has 1 atom stereocenters. The second kappa shape index (κ2) is 9.80. The van der Waals surface area contributed by atoms with E-state index in [9.17, 15) is 9.18 Å². The van der Waals surface area contributed by atoms with Crippen molar-refractivity contribution < 1.29 is 9.18 Å². The Balaban J connectivity index is 1.52. The first-order valence-electron chi connectivity index (χ1n) is 10.8. The number of rotatable bonds is 8. The Morgan fingerprint density at radius 2 is 1.97 bits per heavy atom. The third-order valence-corrected chi connectivity index (χ3v) is 5.64. The Bertz CT molecular complexity index is 1050. The molecule has 1 fully saturated rings. The lowest BCUT2D eigenvalue weighted by Gasteiger charge is -2.40. The van der Waals surface area contributed by atoms with Crippen LogP contribution in [0.3, 0.4) is 0 Å². The first kappa shape index (κ1) is 21.8. The van der Waals surface area contributed by atoms with Gasteiger partial charge in [0.05, 0.1) is 11.4 Å². The maximum atomic E-state index is 13.3. The van der Waals surface area contributed by atoms with Crippen LogP contribution < -0.4 is 10.2 Å². The molecule has 0 spiro atoms. The fourth-order valence-corrected chi connectivity index (χ4v) is 3.84. The van der Waals surface area contributed by atoms with Crippen molar-refractivity contribution in [2.24, 2.45) is 5.92 Å². The molecule has 1 amide bonds. The zero-order chi connectivity index (χ0) is 22.5. The smallest absolute Gasteiger partial charge is 0.216 e. The van der Waals surface area contributed by atoms with E-state index in [0.717, 1.165) is 41.7 Å². The van der Waals surface area contributed by atoms with Crippen LogP contribution in [0.15, 0.2) is 48.9 Å². The second-order valence-electron chi connectivity index (χ2n) is 8.37. The molecule has 1 N–H and O–H groups in total. The van der Waals surface area contributed by atoms with E-state index in [-0.39, 0.29) is 17.6 Å². The molecule has 32 heavy (non-hydrogen) atoms. The molecule has 1 aromatic carbocycles. The van der Waals surface area contributed by atoms with Crippen LogP contribution >= 0.6 is 0 Å². The van der Waals surface area contributed by atoms with Crippen LogP contribution in [-0.2, 0) is 17.6 Å². The van der Waals surface area contributed by atoms with Crippen LogP contribution in [0.25, 0.3) is 0 Å². The number of halogens is 1. The summed E-state index contributed by atoms with van der Waals surface area (Å²) in [5.74, 6) is 1.96. The average molecular weight is 435 g/mol. The summed E-state index contributed by atoms with van der Waals surface area (Å²) in [6.07, 6.45) is 6.30. The topological polar surface area (TPSA) is 83.9 Å². The summed E-state index contributed by atoms with van der Waals surface area (Å²) < 4.78 is 13.3. The number of amides is 1. The molecule has 3 aromatic rings. The highest BCUT2D eigenvalue weighted by molar-refractivity contribution is 5.72. The highest BCUT2D eigenvalue weighted by Gasteiger charge is 2.28. The maximum absolute atomic E-state index is 13.3. The van der Waals surface area contributed by atoms with Crippen LogP contribution in [-0.4, -0.2) is 45.5 Å². The second-order valence-corrected chi connectivity index (χ2v) is 8.37. The number of hydrogen-bond acceptors (Lipinski definition) is 6. The van der Waals surface area contributed by atoms with Crippen molar-refractivity contribution >= 4 is 11.7 Å². The molecule has 1 aliphatic rings. The fourth-order valence-electron chi connectivity index (χ4n) is 3.84. The first-order chi connectivity index (χ1) is 15.5. The number of hydrogen-bond donors (Lipinski definition) is 1. The van der Waals surface area contributed by atoms with Crippen molar-refractivity contribution in [2.45, 2.75) is 32.6 Å². The maximum Gasteiger partial charge on any atom is 0.216 e. The largest absolute Gasteiger partial charge is 0.356 e. The van der Waals surface area contributed by atoms with Crippen molar-refractivity contribution in [3.05, 3.63) is 77.5 Å². The van der Waals surface area contributed by atoms with Crippen LogP contribution in [0.5, 0.6) is 0 Å². The zero-order valence-electron chi connectivity index (χ0n) is 18.3. The van der Waals surface area contributed by atoms with Crippen LogP contribution in [0, 0.1) is 11.7 Å². The normalized spacial score (nSPS) is 14.7. The third kappa shape index (κ3) is 5.63. The van der Waals surface area contributed by atoms with Crippen molar-refractivity contribution in [3.63, 3.8) is 0 Å². The first-order valence-corrected chi connectivity index (χ1v) is 10.8. The van der Waals surface area contributed by atoms with Gasteiger partial charge >= 0.3 is 0 Å². The minimum absolute atomic E-state index is 0.00573. The van der Waals surface area contributed by atoms with Crippen LogP contribution in [0.1, 0.15) is 42.5 Å². The molecule has 0 aliphatic carbocycles. The molecule has 0 saturated carbocycles. The third-order valence-electron chi connectivity index (χ3n) is 5.64. The highest BCUT2D eigenvalue weighted by Crippen LogP contribution is 2.26. The Morgan fingerprint density at radius 1 is 1.19 bits per heavy atom. The van der Waals surface area contributed by atoms with Gasteiger partial charge in [-0.05, 0) is 23.6 Å². The van der Waals surface area contributed by atoms with E-state index in [2.05, 4.69) is 27.1 Å². The van der Waals surface area contributed by atoms with E-state index in [1.54, 1.807) is 18.6 Å². The fraction of sp³-hybridized carbons (Fsp3) is 0.375. The molecule has 0 bridgehead atoms. The van der Waals surface area contributed by atoms with Crippen molar-refractivity contribution in [3.8, 4) is 0 Å². The van der Waals surface area contributed by atoms with Gasteiger partial charge in [-0.1, -0.05) is 19.1 Å². The van der Waals surface area contributed by atoms with E-state index in [4.69, 9.17) is 9.97 Å². The van der Waals surface area contributed by atoms with Gasteiger partial charge in [-0.2, -0.15) is 0 Å².